The zero-order valence-electron chi connectivity index (χ0n) is 15.3. The van der Waals surface area contributed by atoms with Gasteiger partial charge in [-0.05, 0) is 31.0 Å². The Morgan fingerprint density at radius 2 is 1.89 bits per heavy atom. The van der Waals surface area contributed by atoms with Crippen molar-refractivity contribution in [3.63, 3.8) is 0 Å². The first-order valence-electron chi connectivity index (χ1n) is 8.60. The van der Waals surface area contributed by atoms with E-state index < -0.39 is 0 Å². The van der Waals surface area contributed by atoms with Gasteiger partial charge < -0.3 is 0 Å². The molecule has 2 aromatic heterocycles. The minimum absolute atomic E-state index is 0.0662. The molecule has 1 unspecified atom stereocenters. The molecule has 0 spiro atoms. The van der Waals surface area contributed by atoms with Crippen LogP contribution in [0.1, 0.15) is 53.7 Å². The molecule has 3 rings (SSSR count). The summed E-state index contributed by atoms with van der Waals surface area (Å²) in [4.78, 5) is 21.0. The first-order valence-corrected chi connectivity index (χ1v) is 10.3. The highest BCUT2D eigenvalue weighted by molar-refractivity contribution is 8.01. The van der Waals surface area contributed by atoms with Gasteiger partial charge in [0.15, 0.2) is 5.13 Å². The minimum atomic E-state index is -0.293. The zero-order valence-corrected chi connectivity index (χ0v) is 16.9. The molecule has 1 atom stereocenters. The lowest BCUT2D eigenvalue weighted by Gasteiger charge is -2.13. The fraction of sp³-hybridized carbons (Fsp3) is 0.250. The van der Waals surface area contributed by atoms with Crippen LogP contribution in [0, 0.1) is 5.82 Å². The molecule has 7 heteroatoms. The van der Waals surface area contributed by atoms with Crippen LogP contribution in [-0.4, -0.2) is 15.9 Å². The van der Waals surface area contributed by atoms with Crippen molar-refractivity contribution in [3.8, 4) is 0 Å². The summed E-state index contributed by atoms with van der Waals surface area (Å²) in [5, 5.41) is 3.28. The summed E-state index contributed by atoms with van der Waals surface area (Å²) in [7, 11) is 0. The molecule has 0 fully saturated rings. The van der Waals surface area contributed by atoms with Gasteiger partial charge in [0.1, 0.15) is 11.5 Å². The maximum absolute atomic E-state index is 14.1. The molecular formula is C20H20FN3OS2. The Balaban J connectivity index is 1.81. The Morgan fingerprint density at radius 3 is 2.56 bits per heavy atom. The van der Waals surface area contributed by atoms with E-state index >= 15 is 0 Å². The summed E-state index contributed by atoms with van der Waals surface area (Å²) < 4.78 is 15.1. The second kappa shape index (κ2) is 8.63. The third-order valence-electron chi connectivity index (χ3n) is 3.91. The fourth-order valence-corrected chi connectivity index (χ4v) is 5.26. The summed E-state index contributed by atoms with van der Waals surface area (Å²) in [5.41, 5.74) is 1.90. The van der Waals surface area contributed by atoms with Crippen molar-refractivity contribution in [3.05, 3.63) is 71.4 Å². The van der Waals surface area contributed by atoms with Crippen LogP contribution in [0.25, 0.3) is 0 Å². The molecule has 0 radical (unpaired) electrons. The Morgan fingerprint density at radius 1 is 1.15 bits per heavy atom. The van der Waals surface area contributed by atoms with Crippen LogP contribution < -0.4 is 5.32 Å². The predicted molar refractivity (Wildman–Crippen MR) is 109 cm³/mol. The summed E-state index contributed by atoms with van der Waals surface area (Å²) in [5.74, 6) is -0.313. The Kier molecular flexibility index (Phi) is 6.23. The molecule has 0 aliphatic rings. The lowest BCUT2D eigenvalue weighted by atomic mass is 10.1. The number of nitrogens with zero attached hydrogens (tertiary/aromatic N) is 2. The van der Waals surface area contributed by atoms with E-state index in [2.05, 4.69) is 29.1 Å². The molecule has 1 N–H and O–H groups in total. The summed E-state index contributed by atoms with van der Waals surface area (Å²) in [6.07, 6.45) is 1.58. The second-order valence-corrected chi connectivity index (χ2v) is 8.91. The third kappa shape index (κ3) is 4.73. The van der Waals surface area contributed by atoms with Crippen LogP contribution in [0.3, 0.4) is 0 Å². The number of hydrogen-bond donors (Lipinski definition) is 1. The number of carbonyl (C=O) groups excluding carboxylic acids is 1. The van der Waals surface area contributed by atoms with Crippen molar-refractivity contribution < 1.29 is 9.18 Å². The number of thiazole rings is 1. The van der Waals surface area contributed by atoms with Crippen molar-refractivity contribution in [2.45, 2.75) is 36.1 Å². The molecule has 0 saturated heterocycles. The number of halogens is 1. The fourth-order valence-electron chi connectivity index (χ4n) is 2.51. The van der Waals surface area contributed by atoms with Gasteiger partial charge in [-0.3, -0.25) is 15.1 Å². The number of thioether (sulfide) groups is 1. The lowest BCUT2D eigenvalue weighted by molar-refractivity contribution is 0.102. The van der Waals surface area contributed by atoms with Crippen molar-refractivity contribution >= 4 is 34.1 Å². The lowest BCUT2D eigenvalue weighted by Crippen LogP contribution is -2.13. The van der Waals surface area contributed by atoms with Crippen molar-refractivity contribution in [2.24, 2.45) is 0 Å². The first-order chi connectivity index (χ1) is 13.0. The van der Waals surface area contributed by atoms with Gasteiger partial charge in [-0.25, -0.2) is 9.37 Å². The highest BCUT2D eigenvalue weighted by Gasteiger charge is 2.21. The number of hydrogen-bond acceptors (Lipinski definition) is 5. The van der Waals surface area contributed by atoms with E-state index in [1.54, 1.807) is 48.3 Å². The predicted octanol–water partition coefficient (Wildman–Crippen LogP) is 5.91. The largest absolute Gasteiger partial charge is 0.296 e. The van der Waals surface area contributed by atoms with Gasteiger partial charge in [0.05, 0.1) is 9.90 Å². The van der Waals surface area contributed by atoms with Crippen LogP contribution in [0.4, 0.5) is 9.52 Å². The molecule has 4 nitrogen and oxygen atoms in total. The number of nitrogens with one attached hydrogen (secondary N) is 1. The Hall–Kier alpha value is -2.25. The van der Waals surface area contributed by atoms with Gasteiger partial charge >= 0.3 is 0 Å². The average Bonchev–Trinajstić information content (AvgIpc) is 3.05. The maximum Gasteiger partial charge on any atom is 0.276 e. The monoisotopic (exact) mass is 401 g/mol. The smallest absolute Gasteiger partial charge is 0.276 e. The van der Waals surface area contributed by atoms with Crippen LogP contribution in [0.5, 0.6) is 0 Å². The molecule has 2 heterocycles. The van der Waals surface area contributed by atoms with Gasteiger partial charge in [-0.1, -0.05) is 49.4 Å². The van der Waals surface area contributed by atoms with Gasteiger partial charge in [0, 0.05) is 17.0 Å². The highest BCUT2D eigenvalue weighted by Crippen LogP contribution is 2.43. The van der Waals surface area contributed by atoms with Crippen molar-refractivity contribution in [1.82, 2.24) is 9.97 Å². The highest BCUT2D eigenvalue weighted by atomic mass is 32.2. The summed E-state index contributed by atoms with van der Waals surface area (Å²) >= 11 is 2.97. The van der Waals surface area contributed by atoms with Gasteiger partial charge in [-0.15, -0.1) is 11.8 Å². The van der Waals surface area contributed by atoms with Crippen LogP contribution in [0.2, 0.25) is 0 Å². The van der Waals surface area contributed by atoms with E-state index in [-0.39, 0.29) is 22.9 Å². The molecule has 140 valence electrons. The molecular weight excluding hydrogens is 381 g/mol. The zero-order chi connectivity index (χ0) is 19.4. The molecule has 0 aliphatic heterocycles. The van der Waals surface area contributed by atoms with Crippen molar-refractivity contribution in [2.75, 3.05) is 5.32 Å². The van der Waals surface area contributed by atoms with Crippen molar-refractivity contribution in [1.29, 1.82) is 0 Å². The first kappa shape index (κ1) is 19.5. The number of pyridine rings is 1. The molecule has 0 aliphatic carbocycles. The number of rotatable bonds is 6. The number of amides is 1. The topological polar surface area (TPSA) is 54.9 Å². The number of anilines is 1. The molecule has 1 amide bonds. The van der Waals surface area contributed by atoms with Crippen LogP contribution in [0.15, 0.2) is 52.9 Å². The van der Waals surface area contributed by atoms with Crippen LogP contribution in [-0.2, 0) is 0 Å². The van der Waals surface area contributed by atoms with Gasteiger partial charge in [0.25, 0.3) is 5.91 Å². The Labute approximate surface area is 166 Å². The molecule has 27 heavy (non-hydrogen) atoms. The molecule has 3 aromatic rings. The SMILES string of the molecule is CC(C)c1nc(NC(=O)c2ccccn2)sc1SC(C)c1ccccc1F. The van der Waals surface area contributed by atoms with E-state index in [1.165, 1.54) is 17.4 Å². The third-order valence-corrected chi connectivity index (χ3v) is 6.26. The second-order valence-electron chi connectivity index (χ2n) is 6.30. The average molecular weight is 402 g/mol. The summed E-state index contributed by atoms with van der Waals surface area (Å²) in [6, 6.07) is 12.0. The molecule has 0 saturated carbocycles. The Bertz CT molecular complexity index is 928. The quantitative estimate of drug-likeness (QED) is 0.522. The van der Waals surface area contributed by atoms with Crippen LogP contribution >= 0.6 is 23.1 Å². The standard InChI is InChI=1S/C20H20FN3OS2/c1-12(2)17-19(26-13(3)14-8-4-5-9-15(14)21)27-20(23-17)24-18(25)16-10-6-7-11-22-16/h4-13H,1-3H3,(H,23,24,25). The minimum Gasteiger partial charge on any atom is -0.296 e. The summed E-state index contributed by atoms with van der Waals surface area (Å²) in [6.45, 7) is 6.08. The van der Waals surface area contributed by atoms with Gasteiger partial charge in [-0.2, -0.15) is 0 Å². The normalized spacial score (nSPS) is 12.2. The van der Waals surface area contributed by atoms with E-state index in [0.29, 0.717) is 16.4 Å². The maximum atomic E-state index is 14.1. The number of aromatic nitrogens is 2. The van der Waals surface area contributed by atoms with E-state index in [9.17, 15) is 9.18 Å². The van der Waals surface area contributed by atoms with Gasteiger partial charge in [0.2, 0.25) is 0 Å². The van der Waals surface area contributed by atoms with E-state index in [0.717, 1.165) is 9.90 Å². The van der Waals surface area contributed by atoms with E-state index in [4.69, 9.17) is 0 Å². The molecule has 1 aromatic carbocycles. The number of carbonyl (C=O) groups is 1. The van der Waals surface area contributed by atoms with E-state index in [1.807, 2.05) is 13.0 Å². The number of benzene rings is 1. The molecule has 0 bridgehead atoms.